The molecule has 2 aliphatic rings. The Hall–Kier alpha value is 0. The van der Waals surface area contributed by atoms with Crippen molar-refractivity contribution in [3.05, 3.63) is 0 Å². The largest absolute Gasteiger partial charge is 0.0530 e. The van der Waals surface area contributed by atoms with Gasteiger partial charge in [0, 0.05) is 0 Å². The first-order chi connectivity index (χ1) is 3.97. The molecule has 2 fully saturated rings. The molecule has 0 heteroatoms. The third kappa shape index (κ3) is 0.586. The standard InChI is InChI=1S/C8H14/c1-2-4-8-6-5-7(8)3-1/h7-8H,1-6H2/t7-,8?/m0/s1. The van der Waals surface area contributed by atoms with Gasteiger partial charge in [-0.05, 0) is 24.7 Å². The minimum atomic E-state index is 1.18. The normalized spacial score (nSPS) is 45.0. The highest BCUT2D eigenvalue weighted by molar-refractivity contribution is 4.83. The molecule has 0 saturated heterocycles. The Labute approximate surface area is 51.3 Å². The summed E-state index contributed by atoms with van der Waals surface area (Å²) in [6.45, 7) is 0. The van der Waals surface area contributed by atoms with E-state index in [1.165, 1.54) is 24.7 Å². The molecule has 0 radical (unpaired) electrons. The van der Waals surface area contributed by atoms with E-state index in [1.807, 2.05) is 0 Å². The Balaban J connectivity index is 1.92. The predicted octanol–water partition coefficient (Wildman–Crippen LogP) is 2.59. The van der Waals surface area contributed by atoms with Crippen molar-refractivity contribution in [3.63, 3.8) is 0 Å². The highest BCUT2D eigenvalue weighted by Gasteiger charge is 2.31. The molecule has 0 spiro atoms. The maximum atomic E-state index is 1.56. The van der Waals surface area contributed by atoms with Gasteiger partial charge in [0.1, 0.15) is 0 Å². The van der Waals surface area contributed by atoms with E-state index >= 15 is 0 Å². The maximum Gasteiger partial charge on any atom is -0.0386 e. The molecule has 0 aromatic heterocycles. The van der Waals surface area contributed by atoms with Gasteiger partial charge in [-0.1, -0.05) is 25.7 Å². The quantitative estimate of drug-likeness (QED) is 0.449. The van der Waals surface area contributed by atoms with Crippen LogP contribution in [-0.2, 0) is 0 Å². The smallest absolute Gasteiger partial charge is 0.0386 e. The Morgan fingerprint density at radius 1 is 0.625 bits per heavy atom. The van der Waals surface area contributed by atoms with E-state index in [0.29, 0.717) is 0 Å². The highest BCUT2D eigenvalue weighted by Crippen LogP contribution is 2.44. The van der Waals surface area contributed by atoms with Gasteiger partial charge >= 0.3 is 0 Å². The van der Waals surface area contributed by atoms with E-state index in [-0.39, 0.29) is 0 Å². The first kappa shape index (κ1) is 4.84. The van der Waals surface area contributed by atoms with Crippen molar-refractivity contribution in [1.82, 2.24) is 0 Å². The molecule has 0 N–H and O–H groups in total. The second-order valence-electron chi connectivity index (χ2n) is 3.38. The van der Waals surface area contributed by atoms with Crippen molar-refractivity contribution >= 4 is 0 Å². The zero-order valence-electron chi connectivity index (χ0n) is 5.40. The molecule has 2 atom stereocenters. The van der Waals surface area contributed by atoms with Gasteiger partial charge in [-0.3, -0.25) is 0 Å². The van der Waals surface area contributed by atoms with Crippen molar-refractivity contribution in [1.29, 1.82) is 0 Å². The summed E-state index contributed by atoms with van der Waals surface area (Å²) in [7, 11) is 0. The van der Waals surface area contributed by atoms with Crippen LogP contribution in [0.5, 0.6) is 0 Å². The fourth-order valence-corrected chi connectivity index (χ4v) is 2.21. The molecule has 0 aromatic rings. The molecule has 0 heterocycles. The molecular weight excluding hydrogens is 96.1 g/mol. The molecule has 46 valence electrons. The molecule has 0 nitrogen and oxygen atoms in total. The topological polar surface area (TPSA) is 0 Å². The molecule has 2 saturated carbocycles. The molecule has 0 bridgehead atoms. The lowest BCUT2D eigenvalue weighted by Crippen LogP contribution is -2.28. The number of fused-ring (bicyclic) bond motifs is 1. The Morgan fingerprint density at radius 2 is 1.12 bits per heavy atom. The van der Waals surface area contributed by atoms with Gasteiger partial charge in [-0.15, -0.1) is 0 Å². The molecule has 8 heavy (non-hydrogen) atoms. The van der Waals surface area contributed by atoms with Crippen molar-refractivity contribution in [2.24, 2.45) is 11.8 Å². The lowest BCUT2D eigenvalue weighted by Gasteiger charge is -2.40. The Morgan fingerprint density at radius 3 is 1.38 bits per heavy atom. The second-order valence-corrected chi connectivity index (χ2v) is 3.38. The van der Waals surface area contributed by atoms with E-state index in [2.05, 4.69) is 0 Å². The van der Waals surface area contributed by atoms with Crippen LogP contribution >= 0.6 is 0 Å². The second kappa shape index (κ2) is 1.75. The fourth-order valence-electron chi connectivity index (χ4n) is 2.21. The van der Waals surface area contributed by atoms with E-state index in [1.54, 1.807) is 25.7 Å². The van der Waals surface area contributed by atoms with Crippen LogP contribution in [0.15, 0.2) is 0 Å². The van der Waals surface area contributed by atoms with Crippen LogP contribution in [-0.4, -0.2) is 0 Å². The minimum absolute atomic E-state index is 1.18. The third-order valence-electron chi connectivity index (χ3n) is 2.97. The molecule has 0 aliphatic heterocycles. The van der Waals surface area contributed by atoms with E-state index < -0.39 is 0 Å². The SMILES string of the molecule is C1CC[C@H]2CCC2C1. The Kier molecular flexibility index (Phi) is 1.06. The first-order valence-corrected chi connectivity index (χ1v) is 3.97. The Bertz CT molecular complexity index is 74.0. The molecule has 1 unspecified atom stereocenters. The van der Waals surface area contributed by atoms with Crippen LogP contribution in [0.4, 0.5) is 0 Å². The van der Waals surface area contributed by atoms with Gasteiger partial charge in [0.2, 0.25) is 0 Å². The van der Waals surface area contributed by atoms with Crippen LogP contribution in [0.1, 0.15) is 38.5 Å². The number of hydrogen-bond donors (Lipinski definition) is 0. The van der Waals surface area contributed by atoms with Crippen LogP contribution < -0.4 is 0 Å². The summed E-state index contributed by atoms with van der Waals surface area (Å²) in [5.74, 6) is 2.37. The van der Waals surface area contributed by atoms with Crippen LogP contribution in [0.25, 0.3) is 0 Å². The average molecular weight is 110 g/mol. The van der Waals surface area contributed by atoms with Gasteiger partial charge in [0.15, 0.2) is 0 Å². The molecule has 2 rings (SSSR count). The lowest BCUT2D eigenvalue weighted by atomic mass is 9.66. The van der Waals surface area contributed by atoms with Crippen molar-refractivity contribution in [2.45, 2.75) is 38.5 Å². The van der Waals surface area contributed by atoms with Crippen LogP contribution in [0.2, 0.25) is 0 Å². The molecule has 0 amide bonds. The molecule has 0 aromatic carbocycles. The zero-order valence-corrected chi connectivity index (χ0v) is 5.40. The first-order valence-electron chi connectivity index (χ1n) is 3.97. The van der Waals surface area contributed by atoms with Gasteiger partial charge in [0.25, 0.3) is 0 Å². The fraction of sp³-hybridized carbons (Fsp3) is 1.00. The van der Waals surface area contributed by atoms with Crippen molar-refractivity contribution in [2.75, 3.05) is 0 Å². The van der Waals surface area contributed by atoms with Crippen LogP contribution in [0, 0.1) is 11.8 Å². The summed E-state index contributed by atoms with van der Waals surface area (Å²) in [6, 6.07) is 0. The average Bonchev–Trinajstić information content (AvgIpc) is 1.72. The monoisotopic (exact) mass is 110 g/mol. The van der Waals surface area contributed by atoms with Gasteiger partial charge < -0.3 is 0 Å². The summed E-state index contributed by atoms with van der Waals surface area (Å²) in [5, 5.41) is 0. The van der Waals surface area contributed by atoms with Gasteiger partial charge in [-0.25, -0.2) is 0 Å². The maximum absolute atomic E-state index is 1.56. The predicted molar refractivity (Wildman–Crippen MR) is 34.7 cm³/mol. The number of hydrogen-bond acceptors (Lipinski definition) is 0. The van der Waals surface area contributed by atoms with Crippen LogP contribution in [0.3, 0.4) is 0 Å². The number of rotatable bonds is 0. The highest BCUT2D eigenvalue weighted by atomic mass is 14.4. The third-order valence-corrected chi connectivity index (χ3v) is 2.97. The lowest BCUT2D eigenvalue weighted by molar-refractivity contribution is 0.115. The van der Waals surface area contributed by atoms with E-state index in [9.17, 15) is 0 Å². The van der Waals surface area contributed by atoms with E-state index in [0.717, 1.165) is 0 Å². The summed E-state index contributed by atoms with van der Waals surface area (Å²) >= 11 is 0. The van der Waals surface area contributed by atoms with Gasteiger partial charge in [-0.2, -0.15) is 0 Å². The summed E-state index contributed by atoms with van der Waals surface area (Å²) in [4.78, 5) is 0. The molecule has 2 aliphatic carbocycles. The zero-order chi connectivity index (χ0) is 5.40. The molecular formula is C8H14. The van der Waals surface area contributed by atoms with Crippen molar-refractivity contribution in [3.8, 4) is 0 Å². The van der Waals surface area contributed by atoms with Crippen molar-refractivity contribution < 1.29 is 0 Å². The summed E-state index contributed by atoms with van der Waals surface area (Å²) in [6.07, 6.45) is 9.30. The summed E-state index contributed by atoms with van der Waals surface area (Å²) < 4.78 is 0. The van der Waals surface area contributed by atoms with E-state index in [4.69, 9.17) is 0 Å². The van der Waals surface area contributed by atoms with Gasteiger partial charge in [0.05, 0.1) is 0 Å². The minimum Gasteiger partial charge on any atom is -0.0530 e. The summed E-state index contributed by atoms with van der Waals surface area (Å²) in [5.41, 5.74) is 0.